The van der Waals surface area contributed by atoms with Gasteiger partial charge in [-0.15, -0.1) is 0 Å². The highest BCUT2D eigenvalue weighted by atomic mass is 16.5. The third-order valence-electron chi connectivity index (χ3n) is 9.03. The number of carbonyl (C=O) groups excluding carboxylic acids is 1. The number of hydrogen-bond acceptors (Lipinski definition) is 4. The van der Waals surface area contributed by atoms with Crippen LogP contribution in [0.25, 0.3) is 0 Å². The Balaban J connectivity index is 1.56. The zero-order valence-electron chi connectivity index (χ0n) is 17.3. The van der Waals surface area contributed by atoms with Gasteiger partial charge in [0.25, 0.3) is 0 Å². The predicted octanol–water partition coefficient (Wildman–Crippen LogP) is 5.35. The Morgan fingerprint density at radius 3 is 2.63 bits per heavy atom. The Morgan fingerprint density at radius 1 is 1.15 bits per heavy atom. The topological polar surface area (TPSA) is 58.9 Å². The van der Waals surface area contributed by atoms with Crippen LogP contribution < -0.4 is 0 Å². The van der Waals surface area contributed by atoms with Gasteiger partial charge in [-0.05, 0) is 80.5 Å². The van der Waals surface area contributed by atoms with E-state index in [4.69, 9.17) is 9.94 Å². The minimum Gasteiger partial charge on any atom is -0.475 e. The molecule has 4 aliphatic rings. The normalized spacial score (nSPS) is 46.7. The van der Waals surface area contributed by atoms with Crippen molar-refractivity contribution in [1.82, 2.24) is 0 Å². The maximum Gasteiger partial charge on any atom is 0.222 e. The van der Waals surface area contributed by atoms with Crippen LogP contribution in [0.1, 0.15) is 79.1 Å². The van der Waals surface area contributed by atoms with Gasteiger partial charge in [0.05, 0.1) is 0 Å². The molecule has 4 rings (SSSR count). The first-order valence-corrected chi connectivity index (χ1v) is 10.8. The summed E-state index contributed by atoms with van der Waals surface area (Å²) in [5.74, 6) is 3.25. The van der Waals surface area contributed by atoms with Crippen molar-refractivity contribution in [2.24, 2.45) is 39.7 Å². The van der Waals surface area contributed by atoms with Gasteiger partial charge in [0.1, 0.15) is 11.9 Å². The number of allylic oxidation sites excluding steroid dienone is 1. The van der Waals surface area contributed by atoms with E-state index in [9.17, 15) is 4.79 Å². The summed E-state index contributed by atoms with van der Waals surface area (Å²) in [6.45, 7) is 8.42. The first-order chi connectivity index (χ1) is 12.8. The molecule has 0 aromatic carbocycles. The number of Topliss-reactive ketones (excluding diaryl/α,β-unsaturated/α-hetero) is 1. The Hall–Kier alpha value is -1.32. The second-order valence-electron chi connectivity index (χ2n) is 10.1. The van der Waals surface area contributed by atoms with E-state index in [0.29, 0.717) is 17.6 Å². The molecule has 3 fully saturated rings. The standard InChI is InChI=1S/C23H35NO3/c1-14(25)19-7-8-20-18-6-5-16-13-17(27-15(2)24-26)9-11-22(16,3)21(18)10-12-23(19,20)4/h5,17-21,26H,6-13H2,1-4H3/b24-15-/t17?,18-,19+,20-,21-,22-,23+/m0/s1. The minimum atomic E-state index is 0.138. The molecule has 4 aliphatic carbocycles. The summed E-state index contributed by atoms with van der Waals surface area (Å²) >= 11 is 0. The molecule has 0 bridgehead atoms. The molecular formula is C23H35NO3. The summed E-state index contributed by atoms with van der Waals surface area (Å²) < 4.78 is 5.82. The van der Waals surface area contributed by atoms with Crippen LogP contribution in [0.2, 0.25) is 0 Å². The van der Waals surface area contributed by atoms with Crippen molar-refractivity contribution >= 4 is 11.7 Å². The molecular weight excluding hydrogens is 338 g/mol. The molecule has 0 aliphatic heterocycles. The van der Waals surface area contributed by atoms with Gasteiger partial charge in [0.2, 0.25) is 5.90 Å². The first-order valence-electron chi connectivity index (χ1n) is 10.8. The molecule has 4 nitrogen and oxygen atoms in total. The van der Waals surface area contributed by atoms with Crippen molar-refractivity contribution in [3.8, 4) is 0 Å². The summed E-state index contributed by atoms with van der Waals surface area (Å²) in [4.78, 5) is 12.3. The quantitative estimate of drug-likeness (QED) is 0.233. The second-order valence-corrected chi connectivity index (χ2v) is 10.1. The third-order valence-corrected chi connectivity index (χ3v) is 9.03. The Labute approximate surface area is 163 Å². The van der Waals surface area contributed by atoms with Crippen LogP contribution in [0, 0.1) is 34.5 Å². The molecule has 0 aromatic rings. The SMILES string of the molecule is CC(=O)[C@H]1CC[C@H]2[C@@H]3CC=C4CC(O/C(C)=N\O)CC[C@]4(C)[C@H]3CC[C@]12C. The third kappa shape index (κ3) is 2.86. The zero-order valence-corrected chi connectivity index (χ0v) is 17.3. The van der Waals surface area contributed by atoms with E-state index in [0.717, 1.165) is 37.5 Å². The number of ether oxygens (including phenoxy) is 1. The highest BCUT2D eigenvalue weighted by molar-refractivity contribution is 5.79. The number of carbonyl (C=O) groups is 1. The number of rotatable bonds is 2. The van der Waals surface area contributed by atoms with Crippen LogP contribution in [0.3, 0.4) is 0 Å². The number of hydrogen-bond donors (Lipinski definition) is 1. The molecule has 3 saturated carbocycles. The number of ketones is 1. The van der Waals surface area contributed by atoms with Crippen LogP contribution >= 0.6 is 0 Å². The van der Waals surface area contributed by atoms with Crippen molar-refractivity contribution in [2.75, 3.05) is 0 Å². The monoisotopic (exact) mass is 373 g/mol. The summed E-state index contributed by atoms with van der Waals surface area (Å²) in [7, 11) is 0. The van der Waals surface area contributed by atoms with Crippen molar-refractivity contribution in [3.05, 3.63) is 11.6 Å². The van der Waals surface area contributed by atoms with E-state index in [-0.39, 0.29) is 22.9 Å². The Morgan fingerprint density at radius 2 is 1.93 bits per heavy atom. The summed E-state index contributed by atoms with van der Waals surface area (Å²) in [6.07, 6.45) is 11.8. The van der Waals surface area contributed by atoms with Crippen LogP contribution in [-0.4, -0.2) is 23.0 Å². The van der Waals surface area contributed by atoms with Gasteiger partial charge in [-0.3, -0.25) is 4.79 Å². The predicted molar refractivity (Wildman–Crippen MR) is 106 cm³/mol. The highest BCUT2D eigenvalue weighted by Gasteiger charge is 2.59. The van der Waals surface area contributed by atoms with Gasteiger partial charge >= 0.3 is 0 Å². The van der Waals surface area contributed by atoms with Gasteiger partial charge in [-0.1, -0.05) is 30.7 Å². The van der Waals surface area contributed by atoms with E-state index < -0.39 is 0 Å². The number of nitrogens with zero attached hydrogens (tertiary/aromatic N) is 1. The van der Waals surface area contributed by atoms with Crippen molar-refractivity contribution in [1.29, 1.82) is 0 Å². The molecule has 0 saturated heterocycles. The molecule has 150 valence electrons. The van der Waals surface area contributed by atoms with E-state index >= 15 is 0 Å². The molecule has 27 heavy (non-hydrogen) atoms. The lowest BCUT2D eigenvalue weighted by Crippen LogP contribution is -2.51. The maximum absolute atomic E-state index is 12.3. The fourth-order valence-corrected chi connectivity index (χ4v) is 7.66. The van der Waals surface area contributed by atoms with Crippen molar-refractivity contribution in [3.63, 3.8) is 0 Å². The zero-order chi connectivity index (χ0) is 19.4. The van der Waals surface area contributed by atoms with E-state index in [1.165, 1.54) is 25.7 Å². The van der Waals surface area contributed by atoms with Crippen molar-refractivity contribution < 1.29 is 14.7 Å². The summed E-state index contributed by atoms with van der Waals surface area (Å²) in [5, 5.41) is 12.1. The smallest absolute Gasteiger partial charge is 0.222 e. The molecule has 0 aromatic heterocycles. The van der Waals surface area contributed by atoms with Gasteiger partial charge in [0.15, 0.2) is 0 Å². The van der Waals surface area contributed by atoms with E-state index in [1.54, 1.807) is 12.5 Å². The highest BCUT2D eigenvalue weighted by Crippen LogP contribution is 2.66. The van der Waals surface area contributed by atoms with Gasteiger partial charge in [-0.2, -0.15) is 0 Å². The van der Waals surface area contributed by atoms with Gasteiger partial charge < -0.3 is 9.94 Å². The molecule has 0 radical (unpaired) electrons. The second kappa shape index (κ2) is 6.63. The number of oxime groups is 1. The van der Waals surface area contributed by atoms with Gasteiger partial charge in [-0.25, -0.2) is 0 Å². The molecule has 0 amide bonds. The molecule has 1 N–H and O–H groups in total. The molecule has 0 spiro atoms. The van der Waals surface area contributed by atoms with Gasteiger partial charge in [0, 0.05) is 19.3 Å². The summed E-state index contributed by atoms with van der Waals surface area (Å²) in [6, 6.07) is 0. The lowest BCUT2D eigenvalue weighted by Gasteiger charge is -2.58. The minimum absolute atomic E-state index is 0.138. The number of fused-ring (bicyclic) bond motifs is 5. The fraction of sp³-hybridized carbons (Fsp3) is 0.826. The summed E-state index contributed by atoms with van der Waals surface area (Å²) in [5.41, 5.74) is 2.07. The van der Waals surface area contributed by atoms with Crippen molar-refractivity contribution in [2.45, 2.75) is 85.2 Å². The average molecular weight is 374 g/mol. The Kier molecular flexibility index (Phi) is 4.67. The lowest BCUT2D eigenvalue weighted by molar-refractivity contribution is -0.127. The van der Waals surface area contributed by atoms with E-state index in [1.807, 2.05) is 6.92 Å². The first kappa shape index (κ1) is 19.0. The largest absolute Gasteiger partial charge is 0.475 e. The van der Waals surface area contributed by atoms with Crippen LogP contribution in [-0.2, 0) is 9.53 Å². The Bertz CT molecular complexity index is 683. The fourth-order valence-electron chi connectivity index (χ4n) is 7.66. The van der Waals surface area contributed by atoms with Crippen LogP contribution in [0.4, 0.5) is 0 Å². The molecule has 7 atom stereocenters. The van der Waals surface area contributed by atoms with Crippen LogP contribution in [0.5, 0.6) is 0 Å². The van der Waals surface area contributed by atoms with E-state index in [2.05, 4.69) is 25.1 Å². The molecule has 4 heteroatoms. The molecule has 0 heterocycles. The lowest BCUT2D eigenvalue weighted by atomic mass is 9.47. The van der Waals surface area contributed by atoms with Crippen LogP contribution in [0.15, 0.2) is 16.8 Å². The maximum atomic E-state index is 12.3. The molecule has 1 unspecified atom stereocenters. The average Bonchev–Trinajstić information content (AvgIpc) is 2.99.